The van der Waals surface area contributed by atoms with Crippen molar-refractivity contribution in [2.75, 3.05) is 17.3 Å². The maximum Gasteiger partial charge on any atom is 0.277 e. The number of halogens is 1. The van der Waals surface area contributed by atoms with Crippen molar-refractivity contribution in [1.82, 2.24) is 4.98 Å². The van der Waals surface area contributed by atoms with E-state index in [1.807, 2.05) is 6.26 Å². The van der Waals surface area contributed by atoms with Crippen LogP contribution in [0.25, 0.3) is 0 Å². The second-order valence-corrected chi connectivity index (χ2v) is 5.41. The zero-order valence-electron chi connectivity index (χ0n) is 11.5. The number of aromatic nitrogens is 1. The number of nitrogens with two attached hydrogens (primary N) is 1. The lowest BCUT2D eigenvalue weighted by molar-refractivity contribution is 0.102. The number of thioether (sulfide) groups is 1. The molecule has 2 aromatic rings. The molecule has 7 heteroatoms. The van der Waals surface area contributed by atoms with E-state index in [-0.39, 0.29) is 17.6 Å². The summed E-state index contributed by atoms with van der Waals surface area (Å²) in [5, 5.41) is 2.61. The van der Waals surface area contributed by atoms with Gasteiger partial charge in [0.05, 0.1) is 6.04 Å². The summed E-state index contributed by atoms with van der Waals surface area (Å²) in [5.74, 6) is 0.444. The predicted octanol–water partition coefficient (Wildman–Crippen LogP) is 2.82. The maximum atomic E-state index is 12.8. The van der Waals surface area contributed by atoms with Crippen LogP contribution in [0, 0.1) is 5.82 Å². The molecule has 0 bridgehead atoms. The van der Waals surface area contributed by atoms with Gasteiger partial charge in [-0.2, -0.15) is 11.8 Å². The number of hydrogen-bond acceptors (Lipinski definition) is 5. The number of oxazole rings is 1. The van der Waals surface area contributed by atoms with Crippen molar-refractivity contribution in [3.05, 3.63) is 47.9 Å². The Morgan fingerprint density at radius 1 is 1.48 bits per heavy atom. The topological polar surface area (TPSA) is 81.1 Å². The molecule has 1 atom stereocenters. The fourth-order valence-electron chi connectivity index (χ4n) is 1.66. The Hall–Kier alpha value is -1.86. The average molecular weight is 309 g/mol. The Labute approximate surface area is 126 Å². The number of amides is 1. The van der Waals surface area contributed by atoms with Crippen LogP contribution in [0.2, 0.25) is 0 Å². The molecule has 0 aliphatic carbocycles. The lowest BCUT2D eigenvalue weighted by Gasteiger charge is -2.05. The van der Waals surface area contributed by atoms with Crippen molar-refractivity contribution in [3.8, 4) is 0 Å². The second-order valence-electron chi connectivity index (χ2n) is 4.42. The van der Waals surface area contributed by atoms with Crippen molar-refractivity contribution in [1.29, 1.82) is 0 Å². The Kier molecular flexibility index (Phi) is 5.35. The van der Waals surface area contributed by atoms with Crippen molar-refractivity contribution < 1.29 is 13.6 Å². The van der Waals surface area contributed by atoms with E-state index in [0.717, 1.165) is 12.2 Å². The number of hydrogen-bond donors (Lipinski definition) is 2. The van der Waals surface area contributed by atoms with Crippen LogP contribution in [0.1, 0.15) is 28.8 Å². The molecule has 1 heterocycles. The summed E-state index contributed by atoms with van der Waals surface area (Å²) in [7, 11) is 0. The van der Waals surface area contributed by atoms with Crippen LogP contribution in [-0.4, -0.2) is 22.9 Å². The molecule has 5 nitrogen and oxygen atoms in total. The Morgan fingerprint density at radius 2 is 2.19 bits per heavy atom. The van der Waals surface area contributed by atoms with E-state index in [1.165, 1.54) is 30.5 Å². The van der Waals surface area contributed by atoms with Crippen molar-refractivity contribution in [2.24, 2.45) is 5.73 Å². The van der Waals surface area contributed by atoms with Crippen molar-refractivity contribution >= 4 is 23.4 Å². The first-order valence-electron chi connectivity index (χ1n) is 6.37. The molecular weight excluding hydrogens is 293 g/mol. The van der Waals surface area contributed by atoms with Crippen molar-refractivity contribution in [2.45, 2.75) is 12.5 Å². The van der Waals surface area contributed by atoms with Crippen LogP contribution >= 0.6 is 11.8 Å². The van der Waals surface area contributed by atoms with Gasteiger partial charge in [-0.25, -0.2) is 9.37 Å². The van der Waals surface area contributed by atoms with E-state index < -0.39 is 5.91 Å². The van der Waals surface area contributed by atoms with Gasteiger partial charge in [0.15, 0.2) is 5.69 Å². The number of carbonyl (C=O) groups excluding carboxylic acids is 1. The molecular formula is C14H16FN3O2S. The number of nitrogens with one attached hydrogen (secondary N) is 1. The number of benzene rings is 1. The summed E-state index contributed by atoms with van der Waals surface area (Å²) in [4.78, 5) is 16.1. The van der Waals surface area contributed by atoms with E-state index in [4.69, 9.17) is 10.2 Å². The lowest BCUT2D eigenvalue weighted by Crippen LogP contribution is -2.14. The van der Waals surface area contributed by atoms with Gasteiger partial charge in [-0.3, -0.25) is 4.79 Å². The minimum absolute atomic E-state index is 0.147. The quantitative estimate of drug-likeness (QED) is 0.857. The highest BCUT2D eigenvalue weighted by Crippen LogP contribution is 2.16. The molecule has 1 amide bonds. The van der Waals surface area contributed by atoms with Gasteiger partial charge in [0.1, 0.15) is 12.1 Å². The van der Waals surface area contributed by atoms with Crippen molar-refractivity contribution in [3.63, 3.8) is 0 Å². The van der Waals surface area contributed by atoms with Crippen LogP contribution in [0.15, 0.2) is 34.9 Å². The summed E-state index contributed by atoms with van der Waals surface area (Å²) in [5.41, 5.74) is 6.55. The predicted molar refractivity (Wildman–Crippen MR) is 80.8 cm³/mol. The van der Waals surface area contributed by atoms with Gasteiger partial charge >= 0.3 is 0 Å². The summed E-state index contributed by atoms with van der Waals surface area (Å²) in [6.07, 6.45) is 3.98. The van der Waals surface area contributed by atoms with Gasteiger partial charge in [-0.15, -0.1) is 0 Å². The third-order valence-corrected chi connectivity index (χ3v) is 3.45. The number of rotatable bonds is 6. The summed E-state index contributed by atoms with van der Waals surface area (Å²) in [6, 6.07) is 5.14. The maximum absolute atomic E-state index is 12.8. The molecule has 0 aliphatic heterocycles. The molecule has 0 saturated heterocycles. The standard InChI is InChI=1S/C14H16FN3O2S/c1-21-7-6-11(16)14-18-12(8-20-14)13(19)17-10-4-2-9(15)3-5-10/h2-5,8,11H,6-7,16H2,1H3,(H,17,19). The zero-order chi connectivity index (χ0) is 15.2. The first kappa shape index (κ1) is 15.5. The molecule has 0 radical (unpaired) electrons. The van der Waals surface area contributed by atoms with Crippen LogP contribution in [0.3, 0.4) is 0 Å². The van der Waals surface area contributed by atoms with Crippen LogP contribution in [-0.2, 0) is 0 Å². The molecule has 2 rings (SSSR count). The number of anilines is 1. The van der Waals surface area contributed by atoms with Crippen LogP contribution in [0.5, 0.6) is 0 Å². The van der Waals surface area contributed by atoms with Crippen LogP contribution in [0.4, 0.5) is 10.1 Å². The molecule has 0 fully saturated rings. The monoisotopic (exact) mass is 309 g/mol. The van der Waals surface area contributed by atoms with E-state index in [2.05, 4.69) is 10.3 Å². The Balaban J connectivity index is 2.00. The number of nitrogens with zero attached hydrogens (tertiary/aromatic N) is 1. The van der Waals surface area contributed by atoms with Gasteiger partial charge in [0, 0.05) is 5.69 Å². The fraction of sp³-hybridized carbons (Fsp3) is 0.286. The van der Waals surface area contributed by atoms with E-state index in [1.54, 1.807) is 11.8 Å². The van der Waals surface area contributed by atoms with E-state index in [9.17, 15) is 9.18 Å². The molecule has 112 valence electrons. The van der Waals surface area contributed by atoms with Gasteiger partial charge in [0.25, 0.3) is 5.91 Å². The first-order chi connectivity index (χ1) is 10.1. The Bertz CT molecular complexity index is 601. The summed E-state index contributed by atoms with van der Waals surface area (Å²) < 4.78 is 18.0. The molecule has 21 heavy (non-hydrogen) atoms. The normalized spacial score (nSPS) is 12.1. The third kappa shape index (κ3) is 4.30. The van der Waals surface area contributed by atoms with Gasteiger partial charge in [-0.1, -0.05) is 0 Å². The molecule has 1 aromatic carbocycles. The fourth-order valence-corrected chi connectivity index (χ4v) is 2.15. The van der Waals surface area contributed by atoms with Gasteiger partial charge < -0.3 is 15.5 Å². The smallest absolute Gasteiger partial charge is 0.277 e. The van der Waals surface area contributed by atoms with E-state index >= 15 is 0 Å². The highest BCUT2D eigenvalue weighted by Gasteiger charge is 2.16. The minimum Gasteiger partial charge on any atom is -0.446 e. The largest absolute Gasteiger partial charge is 0.446 e. The molecule has 3 N–H and O–H groups in total. The molecule has 0 aliphatic rings. The Morgan fingerprint density at radius 3 is 2.86 bits per heavy atom. The SMILES string of the molecule is CSCCC(N)c1nc(C(=O)Nc2ccc(F)cc2)co1. The highest BCUT2D eigenvalue weighted by molar-refractivity contribution is 7.98. The summed E-state index contributed by atoms with van der Waals surface area (Å²) in [6.45, 7) is 0. The second kappa shape index (κ2) is 7.24. The molecule has 0 saturated carbocycles. The van der Waals surface area contributed by atoms with Gasteiger partial charge in [0.2, 0.25) is 5.89 Å². The third-order valence-electron chi connectivity index (χ3n) is 2.81. The minimum atomic E-state index is -0.423. The summed E-state index contributed by atoms with van der Waals surface area (Å²) >= 11 is 1.68. The highest BCUT2D eigenvalue weighted by atomic mass is 32.2. The first-order valence-corrected chi connectivity index (χ1v) is 7.76. The zero-order valence-corrected chi connectivity index (χ0v) is 12.3. The average Bonchev–Trinajstić information content (AvgIpc) is 2.97. The molecule has 0 spiro atoms. The van der Waals surface area contributed by atoms with Gasteiger partial charge in [-0.05, 0) is 42.7 Å². The van der Waals surface area contributed by atoms with Crippen LogP contribution < -0.4 is 11.1 Å². The molecule has 1 unspecified atom stereocenters. The molecule has 1 aromatic heterocycles. The lowest BCUT2D eigenvalue weighted by atomic mass is 10.2. The van der Waals surface area contributed by atoms with E-state index in [0.29, 0.717) is 11.6 Å². The number of carbonyl (C=O) groups is 1.